The number of amides is 1. The average Bonchev–Trinajstić information content (AvgIpc) is 2.86. The fraction of sp³-hybridized carbons (Fsp3) is 0.235. The Morgan fingerprint density at radius 3 is 2.76 bits per heavy atom. The molecule has 0 spiro atoms. The summed E-state index contributed by atoms with van der Waals surface area (Å²) in [5.41, 5.74) is 4.40. The van der Waals surface area contributed by atoms with Crippen LogP contribution in [0.1, 0.15) is 16.7 Å². The number of carbonyl (C=O) groups is 1. The highest BCUT2D eigenvalue weighted by molar-refractivity contribution is 9.10. The van der Waals surface area contributed by atoms with Gasteiger partial charge in [-0.1, -0.05) is 24.3 Å². The second-order valence-corrected chi connectivity index (χ2v) is 7.45. The highest BCUT2D eigenvalue weighted by atomic mass is 79.9. The number of fused-ring (bicyclic) bond motifs is 1. The topological polar surface area (TPSA) is 29.1 Å². The zero-order valence-electron chi connectivity index (χ0n) is 11.9. The summed E-state index contributed by atoms with van der Waals surface area (Å²) in [5, 5.41) is 3.03. The van der Waals surface area contributed by atoms with Crippen LogP contribution in [0.3, 0.4) is 0 Å². The maximum Gasteiger partial charge on any atom is 0.238 e. The first-order valence-electron chi connectivity index (χ1n) is 6.87. The van der Waals surface area contributed by atoms with Crippen LogP contribution in [0.5, 0.6) is 0 Å². The lowest BCUT2D eigenvalue weighted by atomic mass is 10.1. The minimum absolute atomic E-state index is 0.0463. The van der Waals surface area contributed by atoms with Gasteiger partial charge < -0.3 is 5.32 Å². The van der Waals surface area contributed by atoms with Crippen LogP contribution in [0, 0.1) is 13.8 Å². The maximum atomic E-state index is 12.5. The molecule has 0 bridgehead atoms. The van der Waals surface area contributed by atoms with Crippen molar-refractivity contribution in [2.24, 2.45) is 0 Å². The standard InChI is InChI=1S/C17H16BrNOS/c1-10-7-11(2)16(13(18)8-10)19-17(20)15-9-12-5-3-4-6-14(12)21-15/h3-8,15H,9H2,1-2H3,(H,19,20). The molecule has 0 fully saturated rings. The second-order valence-electron chi connectivity index (χ2n) is 5.35. The molecule has 2 aromatic rings. The summed E-state index contributed by atoms with van der Waals surface area (Å²) in [7, 11) is 0. The van der Waals surface area contributed by atoms with E-state index in [0.29, 0.717) is 0 Å². The lowest BCUT2D eigenvalue weighted by Gasteiger charge is -2.14. The number of hydrogen-bond acceptors (Lipinski definition) is 2. The van der Waals surface area contributed by atoms with Crippen molar-refractivity contribution < 1.29 is 4.79 Å². The van der Waals surface area contributed by atoms with Gasteiger partial charge in [0.15, 0.2) is 0 Å². The number of halogens is 1. The normalized spacial score (nSPS) is 16.6. The fourth-order valence-corrected chi connectivity index (χ4v) is 4.57. The van der Waals surface area contributed by atoms with E-state index < -0.39 is 0 Å². The van der Waals surface area contributed by atoms with Gasteiger partial charge in [-0.25, -0.2) is 0 Å². The Balaban J connectivity index is 1.77. The molecule has 3 rings (SSSR count). The second kappa shape index (κ2) is 5.85. The third kappa shape index (κ3) is 3.01. The lowest BCUT2D eigenvalue weighted by molar-refractivity contribution is -0.115. The molecule has 0 saturated carbocycles. The number of aryl methyl sites for hydroxylation is 2. The van der Waals surface area contributed by atoms with Crippen LogP contribution in [-0.4, -0.2) is 11.2 Å². The molecule has 1 N–H and O–H groups in total. The number of rotatable bonds is 2. The van der Waals surface area contributed by atoms with E-state index >= 15 is 0 Å². The average molecular weight is 362 g/mol. The van der Waals surface area contributed by atoms with Gasteiger partial charge in [0.1, 0.15) is 0 Å². The molecule has 108 valence electrons. The van der Waals surface area contributed by atoms with E-state index in [4.69, 9.17) is 0 Å². The van der Waals surface area contributed by atoms with Gasteiger partial charge in [0, 0.05) is 9.37 Å². The molecule has 1 aliphatic heterocycles. The van der Waals surface area contributed by atoms with E-state index in [0.717, 1.165) is 22.1 Å². The van der Waals surface area contributed by atoms with Crippen molar-refractivity contribution in [1.29, 1.82) is 0 Å². The summed E-state index contributed by atoms with van der Waals surface area (Å²) in [6.07, 6.45) is 0.801. The molecule has 0 radical (unpaired) electrons. The van der Waals surface area contributed by atoms with E-state index in [9.17, 15) is 4.79 Å². The molecule has 0 aromatic heterocycles. The lowest BCUT2D eigenvalue weighted by Crippen LogP contribution is -2.25. The van der Waals surface area contributed by atoms with Crippen LogP contribution < -0.4 is 5.32 Å². The third-order valence-electron chi connectivity index (χ3n) is 3.62. The van der Waals surface area contributed by atoms with Crippen molar-refractivity contribution in [1.82, 2.24) is 0 Å². The monoisotopic (exact) mass is 361 g/mol. The first-order chi connectivity index (χ1) is 10.0. The van der Waals surface area contributed by atoms with Crippen LogP contribution in [0.15, 0.2) is 45.8 Å². The molecule has 4 heteroatoms. The molecular formula is C17H16BrNOS. The number of thioether (sulfide) groups is 1. The summed E-state index contributed by atoms with van der Waals surface area (Å²) in [6.45, 7) is 4.07. The van der Waals surface area contributed by atoms with Crippen LogP contribution in [0.25, 0.3) is 0 Å². The Bertz CT molecular complexity index is 666. The first kappa shape index (κ1) is 14.7. The van der Waals surface area contributed by atoms with E-state index in [1.165, 1.54) is 16.0 Å². The van der Waals surface area contributed by atoms with Gasteiger partial charge in [0.2, 0.25) is 5.91 Å². The number of benzene rings is 2. The summed E-state index contributed by atoms with van der Waals surface area (Å²) >= 11 is 5.19. The maximum absolute atomic E-state index is 12.5. The van der Waals surface area contributed by atoms with Crippen molar-refractivity contribution in [2.45, 2.75) is 30.4 Å². The van der Waals surface area contributed by atoms with E-state index in [2.05, 4.69) is 39.4 Å². The molecule has 0 saturated heterocycles. The van der Waals surface area contributed by atoms with E-state index in [1.54, 1.807) is 11.8 Å². The third-order valence-corrected chi connectivity index (χ3v) is 5.56. The molecule has 1 amide bonds. The first-order valence-corrected chi connectivity index (χ1v) is 8.54. The smallest absolute Gasteiger partial charge is 0.238 e. The van der Waals surface area contributed by atoms with Crippen molar-refractivity contribution >= 4 is 39.3 Å². The van der Waals surface area contributed by atoms with Gasteiger partial charge >= 0.3 is 0 Å². The zero-order valence-corrected chi connectivity index (χ0v) is 14.3. The van der Waals surface area contributed by atoms with Crippen molar-refractivity contribution in [3.8, 4) is 0 Å². The summed E-state index contributed by atoms with van der Waals surface area (Å²) in [4.78, 5) is 13.7. The van der Waals surface area contributed by atoms with Crippen molar-refractivity contribution in [3.63, 3.8) is 0 Å². The van der Waals surface area contributed by atoms with Crippen LogP contribution in [0.4, 0.5) is 5.69 Å². The van der Waals surface area contributed by atoms with Gasteiger partial charge in [-0.2, -0.15) is 0 Å². The predicted molar refractivity (Wildman–Crippen MR) is 92.0 cm³/mol. The molecule has 1 heterocycles. The van der Waals surface area contributed by atoms with Gasteiger partial charge in [-0.05, 0) is 65.0 Å². The largest absolute Gasteiger partial charge is 0.324 e. The molecule has 1 unspecified atom stereocenters. The number of anilines is 1. The minimum atomic E-state index is -0.0463. The number of hydrogen-bond donors (Lipinski definition) is 1. The van der Waals surface area contributed by atoms with E-state index in [-0.39, 0.29) is 11.2 Å². The fourth-order valence-electron chi connectivity index (χ4n) is 2.61. The number of carbonyl (C=O) groups excluding carboxylic acids is 1. The Kier molecular flexibility index (Phi) is 4.09. The summed E-state index contributed by atoms with van der Waals surface area (Å²) in [6, 6.07) is 12.3. The van der Waals surface area contributed by atoms with Crippen LogP contribution in [0.2, 0.25) is 0 Å². The highest BCUT2D eigenvalue weighted by Gasteiger charge is 2.28. The molecule has 0 aliphatic carbocycles. The molecule has 1 atom stereocenters. The summed E-state index contributed by atoms with van der Waals surface area (Å²) < 4.78 is 0.939. The Morgan fingerprint density at radius 1 is 1.29 bits per heavy atom. The van der Waals surface area contributed by atoms with Crippen LogP contribution >= 0.6 is 27.7 Å². The molecule has 21 heavy (non-hydrogen) atoms. The van der Waals surface area contributed by atoms with E-state index in [1.807, 2.05) is 32.0 Å². The Hall–Kier alpha value is -1.26. The minimum Gasteiger partial charge on any atom is -0.324 e. The SMILES string of the molecule is Cc1cc(C)c(NC(=O)C2Cc3ccccc3S2)c(Br)c1. The zero-order chi connectivity index (χ0) is 15.0. The molecule has 2 nitrogen and oxygen atoms in total. The van der Waals surface area contributed by atoms with Crippen molar-refractivity contribution in [3.05, 3.63) is 57.6 Å². The molecule has 2 aromatic carbocycles. The number of nitrogens with one attached hydrogen (secondary N) is 1. The highest BCUT2D eigenvalue weighted by Crippen LogP contribution is 2.38. The van der Waals surface area contributed by atoms with Crippen LogP contribution in [-0.2, 0) is 11.2 Å². The summed E-state index contributed by atoms with van der Waals surface area (Å²) in [5.74, 6) is 0.0730. The van der Waals surface area contributed by atoms with Gasteiger partial charge in [-0.3, -0.25) is 4.79 Å². The van der Waals surface area contributed by atoms with Gasteiger partial charge in [0.25, 0.3) is 0 Å². The van der Waals surface area contributed by atoms with Gasteiger partial charge in [0.05, 0.1) is 10.9 Å². The quantitative estimate of drug-likeness (QED) is 0.838. The molecular weight excluding hydrogens is 346 g/mol. The van der Waals surface area contributed by atoms with Gasteiger partial charge in [-0.15, -0.1) is 11.8 Å². The van der Waals surface area contributed by atoms with Crippen molar-refractivity contribution in [2.75, 3.05) is 5.32 Å². The Labute approximate surface area is 137 Å². The molecule has 1 aliphatic rings. The Morgan fingerprint density at radius 2 is 2.05 bits per heavy atom. The predicted octanol–water partition coefficient (Wildman–Crippen LogP) is 4.72.